The third-order valence-corrected chi connectivity index (χ3v) is 5.04. The Morgan fingerprint density at radius 1 is 1.00 bits per heavy atom. The van der Waals surface area contributed by atoms with E-state index in [1.165, 1.54) is 6.20 Å². The SMILES string of the molecule is N#CCc1cc(N)ncc1-c1c(Cl)c(Cl)c(Cl)c(Cl)c1Cl. The summed E-state index contributed by atoms with van der Waals surface area (Å²) in [7, 11) is 0. The number of hydrogen-bond donors (Lipinski definition) is 1. The summed E-state index contributed by atoms with van der Waals surface area (Å²) in [5.41, 5.74) is 7.15. The first-order valence-electron chi connectivity index (χ1n) is 5.51. The maximum absolute atomic E-state index is 8.92. The normalized spacial score (nSPS) is 10.5. The van der Waals surface area contributed by atoms with Gasteiger partial charge in [0.15, 0.2) is 0 Å². The lowest BCUT2D eigenvalue weighted by Crippen LogP contribution is -1.97. The van der Waals surface area contributed by atoms with Gasteiger partial charge in [-0.05, 0) is 11.6 Å². The second kappa shape index (κ2) is 6.48. The molecule has 8 heteroatoms. The lowest BCUT2D eigenvalue weighted by molar-refractivity contribution is 1.22. The smallest absolute Gasteiger partial charge is 0.123 e. The molecule has 0 aliphatic heterocycles. The molecule has 0 aliphatic rings. The highest BCUT2D eigenvalue weighted by Gasteiger charge is 2.22. The predicted octanol–water partition coefficient (Wildman–Crippen LogP) is 5.66. The number of nitrogen functional groups attached to an aromatic ring is 1. The Bertz CT molecular complexity index is 738. The van der Waals surface area contributed by atoms with Gasteiger partial charge in [0.25, 0.3) is 0 Å². The summed E-state index contributed by atoms with van der Waals surface area (Å²) in [5.74, 6) is 0.280. The van der Waals surface area contributed by atoms with Gasteiger partial charge in [-0.15, -0.1) is 0 Å². The van der Waals surface area contributed by atoms with Crippen molar-refractivity contribution in [2.24, 2.45) is 0 Å². The van der Waals surface area contributed by atoms with Crippen LogP contribution >= 0.6 is 58.0 Å². The Balaban J connectivity index is 2.83. The molecular formula is C13H6Cl5N3. The number of nitrogens with zero attached hydrogens (tertiary/aromatic N) is 2. The molecule has 0 unspecified atom stereocenters. The van der Waals surface area contributed by atoms with Crippen molar-refractivity contribution in [1.29, 1.82) is 5.26 Å². The maximum atomic E-state index is 8.92. The number of nitriles is 1. The quantitative estimate of drug-likeness (QED) is 0.539. The minimum atomic E-state index is 0.0716. The molecule has 2 aromatic rings. The number of rotatable bonds is 2. The van der Waals surface area contributed by atoms with Gasteiger partial charge in [-0.1, -0.05) is 58.0 Å². The first kappa shape index (κ1) is 16.5. The van der Waals surface area contributed by atoms with Crippen LogP contribution in [0.15, 0.2) is 12.3 Å². The molecule has 1 aromatic heterocycles. The van der Waals surface area contributed by atoms with Crippen molar-refractivity contribution < 1.29 is 0 Å². The first-order valence-corrected chi connectivity index (χ1v) is 7.40. The zero-order valence-corrected chi connectivity index (χ0v) is 14.0. The van der Waals surface area contributed by atoms with Gasteiger partial charge in [0, 0.05) is 17.3 Å². The second-order valence-corrected chi connectivity index (χ2v) is 5.94. The Kier molecular flexibility index (Phi) is 5.08. The van der Waals surface area contributed by atoms with E-state index in [0.29, 0.717) is 16.7 Å². The highest BCUT2D eigenvalue weighted by Crippen LogP contribution is 2.48. The first-order chi connectivity index (χ1) is 9.88. The van der Waals surface area contributed by atoms with Crippen LogP contribution in [0.25, 0.3) is 11.1 Å². The van der Waals surface area contributed by atoms with Crippen LogP contribution in [0.4, 0.5) is 5.82 Å². The minimum absolute atomic E-state index is 0.0716. The van der Waals surface area contributed by atoms with E-state index >= 15 is 0 Å². The van der Waals surface area contributed by atoms with Crippen molar-refractivity contribution in [2.45, 2.75) is 6.42 Å². The summed E-state index contributed by atoms with van der Waals surface area (Å²) >= 11 is 30.5. The van der Waals surface area contributed by atoms with E-state index in [4.69, 9.17) is 69.0 Å². The number of aromatic nitrogens is 1. The fourth-order valence-electron chi connectivity index (χ4n) is 1.81. The monoisotopic (exact) mass is 379 g/mol. The van der Waals surface area contributed by atoms with Crippen molar-refractivity contribution in [2.75, 3.05) is 5.73 Å². The molecule has 2 rings (SSSR count). The number of benzene rings is 1. The van der Waals surface area contributed by atoms with Gasteiger partial charge in [-0.25, -0.2) is 4.98 Å². The van der Waals surface area contributed by atoms with Crippen LogP contribution < -0.4 is 5.73 Å². The molecule has 3 nitrogen and oxygen atoms in total. The molecule has 1 heterocycles. The summed E-state index contributed by atoms with van der Waals surface area (Å²) in [4.78, 5) is 3.99. The molecule has 2 N–H and O–H groups in total. The van der Waals surface area contributed by atoms with Gasteiger partial charge in [-0.3, -0.25) is 0 Å². The number of hydrogen-bond acceptors (Lipinski definition) is 3. The van der Waals surface area contributed by atoms with Crippen LogP contribution in [0.2, 0.25) is 25.1 Å². The van der Waals surface area contributed by atoms with Gasteiger partial charge in [0.1, 0.15) is 5.82 Å². The molecule has 0 spiro atoms. The Morgan fingerprint density at radius 2 is 1.52 bits per heavy atom. The van der Waals surface area contributed by atoms with Crippen LogP contribution in [0.1, 0.15) is 5.56 Å². The maximum Gasteiger partial charge on any atom is 0.123 e. The van der Waals surface area contributed by atoms with Gasteiger partial charge in [0.2, 0.25) is 0 Å². The van der Waals surface area contributed by atoms with Crippen molar-refractivity contribution in [1.82, 2.24) is 4.98 Å². The number of halogens is 5. The number of nitrogens with two attached hydrogens (primary N) is 1. The van der Waals surface area contributed by atoms with Crippen molar-refractivity contribution >= 4 is 63.8 Å². The van der Waals surface area contributed by atoms with E-state index in [0.717, 1.165) is 0 Å². The van der Waals surface area contributed by atoms with E-state index in [1.54, 1.807) is 6.07 Å². The molecule has 0 radical (unpaired) electrons. The fourth-order valence-corrected chi connectivity index (χ4v) is 3.16. The van der Waals surface area contributed by atoms with Gasteiger partial charge in [0.05, 0.1) is 37.6 Å². The fraction of sp³-hybridized carbons (Fsp3) is 0.0769. The summed E-state index contributed by atoms with van der Waals surface area (Å²) in [6.07, 6.45) is 1.57. The molecule has 21 heavy (non-hydrogen) atoms. The standard InChI is InChI=1S/C13H6Cl5N3/c14-9-8(10(15)12(17)13(18)11(9)16)6-4-21-7(20)3-5(6)1-2-19/h3-4H,1H2,(H2,20,21). The summed E-state index contributed by atoms with van der Waals surface area (Å²) in [6.45, 7) is 0. The van der Waals surface area contributed by atoms with E-state index in [9.17, 15) is 0 Å². The highest BCUT2D eigenvalue weighted by atomic mass is 35.5. The van der Waals surface area contributed by atoms with Crippen LogP contribution in [0.5, 0.6) is 0 Å². The molecule has 0 atom stereocenters. The van der Waals surface area contributed by atoms with Crippen LogP contribution in [0.3, 0.4) is 0 Å². The van der Waals surface area contributed by atoms with Crippen molar-refractivity contribution in [3.8, 4) is 17.2 Å². The largest absolute Gasteiger partial charge is 0.384 e. The van der Waals surface area contributed by atoms with Gasteiger partial charge in [-0.2, -0.15) is 5.26 Å². The minimum Gasteiger partial charge on any atom is -0.384 e. The Hall–Kier alpha value is -0.890. The predicted molar refractivity (Wildman–Crippen MR) is 88.5 cm³/mol. The topological polar surface area (TPSA) is 62.7 Å². The summed E-state index contributed by atoms with van der Waals surface area (Å²) < 4.78 is 0. The summed E-state index contributed by atoms with van der Waals surface area (Å²) in [6, 6.07) is 3.61. The average Bonchev–Trinajstić information content (AvgIpc) is 2.46. The van der Waals surface area contributed by atoms with Crippen molar-refractivity contribution in [3.05, 3.63) is 42.9 Å². The molecule has 0 bridgehead atoms. The lowest BCUT2D eigenvalue weighted by atomic mass is 10.00. The Labute approximate surface area is 146 Å². The molecule has 108 valence electrons. The van der Waals surface area contributed by atoms with Crippen LogP contribution in [-0.4, -0.2) is 4.98 Å². The van der Waals surface area contributed by atoms with E-state index in [-0.39, 0.29) is 37.4 Å². The third kappa shape index (κ3) is 3.01. The van der Waals surface area contributed by atoms with E-state index in [1.807, 2.05) is 6.07 Å². The van der Waals surface area contributed by atoms with Crippen LogP contribution in [-0.2, 0) is 6.42 Å². The van der Waals surface area contributed by atoms with E-state index < -0.39 is 0 Å². The Morgan fingerprint density at radius 3 is 2.05 bits per heavy atom. The molecule has 0 aliphatic carbocycles. The molecular weight excluding hydrogens is 375 g/mol. The van der Waals surface area contributed by atoms with Crippen molar-refractivity contribution in [3.63, 3.8) is 0 Å². The second-order valence-electron chi connectivity index (χ2n) is 4.05. The average molecular weight is 381 g/mol. The van der Waals surface area contributed by atoms with E-state index in [2.05, 4.69) is 4.98 Å². The molecule has 0 amide bonds. The van der Waals surface area contributed by atoms with Gasteiger partial charge >= 0.3 is 0 Å². The third-order valence-electron chi connectivity index (χ3n) is 2.76. The molecule has 1 aromatic carbocycles. The van der Waals surface area contributed by atoms with Crippen LogP contribution in [0, 0.1) is 11.3 Å². The molecule has 0 fully saturated rings. The molecule has 0 saturated heterocycles. The van der Waals surface area contributed by atoms with Gasteiger partial charge < -0.3 is 5.73 Å². The molecule has 0 saturated carbocycles. The number of anilines is 1. The zero-order valence-electron chi connectivity index (χ0n) is 10.2. The highest BCUT2D eigenvalue weighted by molar-refractivity contribution is 6.56. The summed E-state index contributed by atoms with van der Waals surface area (Å²) in [5, 5.41) is 9.45. The zero-order chi connectivity index (χ0) is 15.7. The number of pyridine rings is 1. The lowest BCUT2D eigenvalue weighted by Gasteiger charge is -2.15.